The maximum absolute atomic E-state index is 5.99. The van der Waals surface area contributed by atoms with Crippen LogP contribution in [0.4, 0.5) is 5.69 Å². The van der Waals surface area contributed by atoms with Gasteiger partial charge in [0.2, 0.25) is 0 Å². The average Bonchev–Trinajstić information content (AvgIpc) is 2.99. The Morgan fingerprint density at radius 2 is 2.11 bits per heavy atom. The molecule has 1 saturated heterocycles. The molecule has 5 heteroatoms. The highest BCUT2D eigenvalue weighted by atomic mass is 35.5. The van der Waals surface area contributed by atoms with E-state index in [1.165, 1.54) is 0 Å². The Bertz CT molecular complexity index is 454. The van der Waals surface area contributed by atoms with E-state index in [0.29, 0.717) is 12.5 Å². The molecule has 0 aromatic heterocycles. The van der Waals surface area contributed by atoms with Crippen LogP contribution >= 0.6 is 11.6 Å². The maximum atomic E-state index is 5.99. The number of anilines is 1. The molecule has 2 heterocycles. The molecule has 1 aromatic carbocycles. The van der Waals surface area contributed by atoms with E-state index in [1.54, 1.807) is 0 Å². The number of aliphatic imine (C=N–C) groups is 1. The standard InChI is InChI=1S/C13H16ClN3O/c14-9-3-5-10(6-4-9)17-11(8-16-13(17)15)12-2-1-7-18-12/h3-6,11-12H,1-2,7-8H2,(H2,15,16). The number of nitrogens with zero attached hydrogens (tertiary/aromatic N) is 2. The van der Waals surface area contributed by atoms with Gasteiger partial charge in [0.15, 0.2) is 5.96 Å². The fourth-order valence-corrected chi connectivity index (χ4v) is 2.76. The first-order valence-electron chi connectivity index (χ1n) is 6.22. The summed E-state index contributed by atoms with van der Waals surface area (Å²) in [5, 5.41) is 0.724. The number of ether oxygens (including phenoxy) is 1. The van der Waals surface area contributed by atoms with E-state index >= 15 is 0 Å². The second kappa shape index (κ2) is 4.78. The summed E-state index contributed by atoms with van der Waals surface area (Å²) in [6.45, 7) is 1.55. The zero-order chi connectivity index (χ0) is 12.5. The highest BCUT2D eigenvalue weighted by Crippen LogP contribution is 2.28. The molecule has 2 aliphatic heterocycles. The molecular weight excluding hydrogens is 250 g/mol. The van der Waals surface area contributed by atoms with E-state index < -0.39 is 0 Å². The van der Waals surface area contributed by atoms with Crippen LogP contribution in [0, 0.1) is 0 Å². The van der Waals surface area contributed by atoms with Crippen molar-refractivity contribution in [2.24, 2.45) is 10.7 Å². The van der Waals surface area contributed by atoms with Crippen molar-refractivity contribution < 1.29 is 4.74 Å². The van der Waals surface area contributed by atoms with Gasteiger partial charge in [0.1, 0.15) is 0 Å². The van der Waals surface area contributed by atoms with Crippen molar-refractivity contribution in [1.82, 2.24) is 0 Å². The third-order valence-electron chi connectivity index (χ3n) is 3.52. The van der Waals surface area contributed by atoms with Crippen molar-refractivity contribution in [2.75, 3.05) is 18.1 Å². The first-order chi connectivity index (χ1) is 8.75. The lowest BCUT2D eigenvalue weighted by atomic mass is 10.1. The molecule has 3 rings (SSSR count). The second-order valence-electron chi connectivity index (χ2n) is 4.66. The Balaban J connectivity index is 1.86. The van der Waals surface area contributed by atoms with Crippen molar-refractivity contribution in [1.29, 1.82) is 0 Å². The second-order valence-corrected chi connectivity index (χ2v) is 5.10. The molecule has 96 valence electrons. The lowest BCUT2D eigenvalue weighted by Crippen LogP contribution is -2.47. The number of hydrogen-bond acceptors (Lipinski definition) is 4. The summed E-state index contributed by atoms with van der Waals surface area (Å²) >= 11 is 5.91. The number of benzene rings is 1. The summed E-state index contributed by atoms with van der Waals surface area (Å²) in [5.41, 5.74) is 7.02. The first-order valence-corrected chi connectivity index (χ1v) is 6.60. The van der Waals surface area contributed by atoms with Gasteiger partial charge in [-0.25, -0.2) is 0 Å². The third kappa shape index (κ3) is 2.06. The predicted octanol–water partition coefficient (Wildman–Crippen LogP) is 2.02. The van der Waals surface area contributed by atoms with Crippen molar-refractivity contribution in [3.63, 3.8) is 0 Å². The summed E-state index contributed by atoms with van der Waals surface area (Å²) in [7, 11) is 0. The van der Waals surface area contributed by atoms with Gasteiger partial charge in [-0.2, -0.15) is 0 Å². The molecule has 18 heavy (non-hydrogen) atoms. The highest BCUT2D eigenvalue weighted by Gasteiger charge is 2.36. The van der Waals surface area contributed by atoms with Gasteiger partial charge in [0.05, 0.1) is 18.7 Å². The maximum Gasteiger partial charge on any atom is 0.196 e. The minimum atomic E-state index is 0.216. The fraction of sp³-hybridized carbons (Fsp3) is 0.462. The lowest BCUT2D eigenvalue weighted by molar-refractivity contribution is 0.0947. The van der Waals surface area contributed by atoms with Crippen LogP contribution in [-0.2, 0) is 4.74 Å². The molecule has 4 nitrogen and oxygen atoms in total. The first kappa shape index (κ1) is 11.8. The molecule has 0 amide bonds. The predicted molar refractivity (Wildman–Crippen MR) is 73.2 cm³/mol. The van der Waals surface area contributed by atoms with E-state index in [1.807, 2.05) is 24.3 Å². The summed E-state index contributed by atoms with van der Waals surface area (Å²) in [6.07, 6.45) is 2.43. The van der Waals surface area contributed by atoms with Crippen LogP contribution in [-0.4, -0.2) is 31.3 Å². The molecule has 2 aliphatic rings. The minimum Gasteiger partial charge on any atom is -0.376 e. The molecule has 0 bridgehead atoms. The SMILES string of the molecule is NC1=NCC(C2CCCO2)N1c1ccc(Cl)cc1. The summed E-state index contributed by atoms with van der Waals surface area (Å²) in [5.74, 6) is 0.567. The van der Waals surface area contributed by atoms with Crippen LogP contribution in [0.5, 0.6) is 0 Å². The summed E-state index contributed by atoms with van der Waals surface area (Å²) in [4.78, 5) is 6.41. The van der Waals surface area contributed by atoms with Crippen molar-refractivity contribution in [3.8, 4) is 0 Å². The van der Waals surface area contributed by atoms with E-state index in [4.69, 9.17) is 22.1 Å². The van der Waals surface area contributed by atoms with Gasteiger partial charge in [0.25, 0.3) is 0 Å². The quantitative estimate of drug-likeness (QED) is 0.890. The third-order valence-corrected chi connectivity index (χ3v) is 3.77. The van der Waals surface area contributed by atoms with Gasteiger partial charge in [-0.05, 0) is 37.1 Å². The summed E-state index contributed by atoms with van der Waals surface area (Å²) in [6, 6.07) is 7.90. The molecule has 0 spiro atoms. The van der Waals surface area contributed by atoms with E-state index in [0.717, 1.165) is 30.2 Å². The largest absolute Gasteiger partial charge is 0.376 e. The number of rotatable bonds is 2. The van der Waals surface area contributed by atoms with Crippen molar-refractivity contribution in [3.05, 3.63) is 29.3 Å². The van der Waals surface area contributed by atoms with Gasteiger partial charge in [0, 0.05) is 17.3 Å². The molecule has 1 aromatic rings. The molecule has 1 fully saturated rings. The summed E-state index contributed by atoms with van der Waals surface area (Å²) < 4.78 is 5.76. The zero-order valence-electron chi connectivity index (χ0n) is 10.1. The Kier molecular flexibility index (Phi) is 3.14. The number of guanidine groups is 1. The van der Waals surface area contributed by atoms with E-state index in [-0.39, 0.29) is 12.1 Å². The van der Waals surface area contributed by atoms with Crippen molar-refractivity contribution in [2.45, 2.75) is 25.0 Å². The normalized spacial score (nSPS) is 27.6. The van der Waals surface area contributed by atoms with Crippen LogP contribution in [0.2, 0.25) is 5.02 Å². The molecule has 2 unspecified atom stereocenters. The lowest BCUT2D eigenvalue weighted by Gasteiger charge is -2.30. The van der Waals surface area contributed by atoms with Gasteiger partial charge < -0.3 is 15.4 Å². The molecule has 0 aliphatic carbocycles. The molecular formula is C13H16ClN3O. The van der Waals surface area contributed by atoms with E-state index in [2.05, 4.69) is 9.89 Å². The number of halogens is 1. The number of nitrogens with two attached hydrogens (primary N) is 1. The van der Waals surface area contributed by atoms with Gasteiger partial charge in [-0.3, -0.25) is 4.99 Å². The average molecular weight is 266 g/mol. The highest BCUT2D eigenvalue weighted by molar-refractivity contribution is 6.30. The molecule has 0 saturated carbocycles. The number of hydrogen-bond donors (Lipinski definition) is 1. The fourth-order valence-electron chi connectivity index (χ4n) is 2.63. The molecule has 2 N–H and O–H groups in total. The monoisotopic (exact) mass is 265 g/mol. The van der Waals surface area contributed by atoms with Gasteiger partial charge in [-0.15, -0.1) is 0 Å². The van der Waals surface area contributed by atoms with E-state index in [9.17, 15) is 0 Å². The Morgan fingerprint density at radius 3 is 2.78 bits per heavy atom. The van der Waals surface area contributed by atoms with Crippen LogP contribution in [0.15, 0.2) is 29.3 Å². The zero-order valence-corrected chi connectivity index (χ0v) is 10.8. The molecule has 2 atom stereocenters. The van der Waals surface area contributed by atoms with Crippen LogP contribution in [0.25, 0.3) is 0 Å². The molecule has 0 radical (unpaired) electrons. The van der Waals surface area contributed by atoms with Crippen LogP contribution in [0.3, 0.4) is 0 Å². The smallest absolute Gasteiger partial charge is 0.196 e. The minimum absolute atomic E-state index is 0.216. The Labute approximate surface area is 111 Å². The van der Waals surface area contributed by atoms with Crippen LogP contribution in [0.1, 0.15) is 12.8 Å². The van der Waals surface area contributed by atoms with Gasteiger partial charge >= 0.3 is 0 Å². The van der Waals surface area contributed by atoms with Crippen LogP contribution < -0.4 is 10.6 Å². The topological polar surface area (TPSA) is 50.9 Å². The Morgan fingerprint density at radius 1 is 1.33 bits per heavy atom. The van der Waals surface area contributed by atoms with Gasteiger partial charge in [-0.1, -0.05) is 11.6 Å². The Hall–Kier alpha value is -1.26. The van der Waals surface area contributed by atoms with Crippen molar-refractivity contribution >= 4 is 23.2 Å².